The molecule has 2 aromatic carbocycles. The fourth-order valence-electron chi connectivity index (χ4n) is 2.04. The molecule has 0 radical (unpaired) electrons. The van der Waals surface area contributed by atoms with E-state index in [0.29, 0.717) is 17.1 Å². The van der Waals surface area contributed by atoms with Gasteiger partial charge >= 0.3 is 0 Å². The molecule has 0 saturated heterocycles. The van der Waals surface area contributed by atoms with Gasteiger partial charge < -0.3 is 15.5 Å². The summed E-state index contributed by atoms with van der Waals surface area (Å²) in [5.74, 6) is -0.665. The summed E-state index contributed by atoms with van der Waals surface area (Å²) >= 11 is 0. The third-order valence-electron chi connectivity index (χ3n) is 3.19. The van der Waals surface area contributed by atoms with Crippen molar-refractivity contribution in [3.05, 3.63) is 59.9 Å². The number of H-pyrrole nitrogens is 1. The van der Waals surface area contributed by atoms with Crippen LogP contribution in [0.25, 0.3) is 11.3 Å². The van der Waals surface area contributed by atoms with Crippen LogP contribution in [0.2, 0.25) is 0 Å². The summed E-state index contributed by atoms with van der Waals surface area (Å²) in [6, 6.07) is 10.7. The highest BCUT2D eigenvalue weighted by atomic mass is 19.1. The number of phenolic OH excluding ortho intramolecular Hbond substituents is 2. The quantitative estimate of drug-likeness (QED) is 0.597. The van der Waals surface area contributed by atoms with E-state index in [1.165, 1.54) is 36.4 Å². The van der Waals surface area contributed by atoms with Crippen LogP contribution in [0.5, 0.6) is 11.5 Å². The number of anilines is 1. The molecule has 0 atom stereocenters. The Labute approximate surface area is 130 Å². The van der Waals surface area contributed by atoms with Gasteiger partial charge in [-0.1, -0.05) is 0 Å². The first kappa shape index (κ1) is 14.6. The molecule has 0 aliphatic heterocycles. The van der Waals surface area contributed by atoms with E-state index in [0.717, 1.165) is 12.1 Å². The normalized spacial score (nSPS) is 10.5. The lowest BCUT2D eigenvalue weighted by molar-refractivity contribution is 0.102. The van der Waals surface area contributed by atoms with Crippen LogP contribution in [0.4, 0.5) is 10.2 Å². The van der Waals surface area contributed by atoms with Crippen LogP contribution in [0.1, 0.15) is 10.4 Å². The molecular weight excluding hydrogens is 301 g/mol. The van der Waals surface area contributed by atoms with Crippen molar-refractivity contribution in [3.8, 4) is 22.8 Å². The van der Waals surface area contributed by atoms with Gasteiger partial charge in [0.1, 0.15) is 23.1 Å². The second kappa shape index (κ2) is 5.80. The van der Waals surface area contributed by atoms with Crippen molar-refractivity contribution in [2.24, 2.45) is 0 Å². The third kappa shape index (κ3) is 3.13. The number of aromatic hydroxyl groups is 2. The molecule has 0 saturated carbocycles. The first-order valence-electron chi connectivity index (χ1n) is 6.67. The maximum absolute atomic E-state index is 13.3. The average molecular weight is 313 g/mol. The molecule has 1 aromatic heterocycles. The van der Waals surface area contributed by atoms with Gasteiger partial charge in [0.25, 0.3) is 5.91 Å². The van der Waals surface area contributed by atoms with Crippen molar-refractivity contribution in [2.75, 3.05) is 5.32 Å². The topological polar surface area (TPSA) is 98.2 Å². The number of nitrogens with one attached hydrogen (secondary N) is 2. The number of benzene rings is 2. The van der Waals surface area contributed by atoms with Gasteiger partial charge in [0, 0.05) is 17.2 Å². The molecule has 0 aliphatic rings. The minimum Gasteiger partial charge on any atom is -0.508 e. The second-order valence-corrected chi connectivity index (χ2v) is 4.83. The van der Waals surface area contributed by atoms with E-state index in [4.69, 9.17) is 0 Å². The number of phenols is 2. The average Bonchev–Trinajstić information content (AvgIpc) is 2.98. The number of carbonyl (C=O) groups is 1. The van der Waals surface area contributed by atoms with Crippen molar-refractivity contribution in [1.29, 1.82) is 0 Å². The monoisotopic (exact) mass is 313 g/mol. The summed E-state index contributed by atoms with van der Waals surface area (Å²) in [5.41, 5.74) is 0.863. The molecule has 1 amide bonds. The van der Waals surface area contributed by atoms with Crippen LogP contribution in [0.3, 0.4) is 0 Å². The molecule has 4 N–H and O–H groups in total. The molecule has 3 rings (SSSR count). The molecule has 0 fully saturated rings. The Kier molecular flexibility index (Phi) is 3.68. The summed E-state index contributed by atoms with van der Waals surface area (Å²) in [6.45, 7) is 0. The standard InChI is InChI=1S/C16H12FN3O3/c17-10-3-6-14(22)12(7-10)13-8-15(20-19-13)18-16(23)9-1-4-11(21)5-2-9/h1-8,21-22H,(H2,18,19,20,23). The number of rotatable bonds is 3. The second-order valence-electron chi connectivity index (χ2n) is 4.83. The zero-order chi connectivity index (χ0) is 16.4. The zero-order valence-electron chi connectivity index (χ0n) is 11.7. The Morgan fingerprint density at radius 1 is 1.09 bits per heavy atom. The molecule has 3 aromatic rings. The van der Waals surface area contributed by atoms with Gasteiger partial charge in [0.05, 0.1) is 5.69 Å². The number of hydrogen-bond donors (Lipinski definition) is 4. The summed E-state index contributed by atoms with van der Waals surface area (Å²) in [6.07, 6.45) is 0. The molecule has 7 heteroatoms. The van der Waals surface area contributed by atoms with Crippen molar-refractivity contribution in [2.45, 2.75) is 0 Å². The number of aromatic nitrogens is 2. The molecule has 6 nitrogen and oxygen atoms in total. The van der Waals surface area contributed by atoms with Crippen LogP contribution in [0.15, 0.2) is 48.5 Å². The van der Waals surface area contributed by atoms with Gasteiger partial charge in [0.15, 0.2) is 0 Å². The van der Waals surface area contributed by atoms with Gasteiger partial charge in [-0.3, -0.25) is 9.89 Å². The minimum atomic E-state index is -0.504. The van der Waals surface area contributed by atoms with E-state index in [1.54, 1.807) is 0 Å². The van der Waals surface area contributed by atoms with Crippen LogP contribution >= 0.6 is 0 Å². The lowest BCUT2D eigenvalue weighted by Crippen LogP contribution is -2.11. The number of nitrogens with zero attached hydrogens (tertiary/aromatic N) is 1. The molecule has 0 unspecified atom stereocenters. The maximum Gasteiger partial charge on any atom is 0.256 e. The number of aromatic amines is 1. The Bertz CT molecular complexity index is 859. The molecular formula is C16H12FN3O3. The predicted molar refractivity (Wildman–Crippen MR) is 81.7 cm³/mol. The largest absolute Gasteiger partial charge is 0.508 e. The fourth-order valence-corrected chi connectivity index (χ4v) is 2.04. The number of carbonyl (C=O) groups excluding carboxylic acids is 1. The van der Waals surface area contributed by atoms with Gasteiger partial charge in [-0.25, -0.2) is 4.39 Å². The molecule has 0 spiro atoms. The molecule has 0 bridgehead atoms. The smallest absolute Gasteiger partial charge is 0.256 e. The van der Waals surface area contributed by atoms with Gasteiger partial charge in [-0.05, 0) is 42.5 Å². The van der Waals surface area contributed by atoms with Crippen LogP contribution in [0, 0.1) is 5.82 Å². The highest BCUT2D eigenvalue weighted by molar-refractivity contribution is 6.04. The highest BCUT2D eigenvalue weighted by Crippen LogP contribution is 2.29. The van der Waals surface area contributed by atoms with E-state index in [-0.39, 0.29) is 17.1 Å². The van der Waals surface area contributed by atoms with Crippen molar-refractivity contribution in [1.82, 2.24) is 10.2 Å². The van der Waals surface area contributed by atoms with E-state index in [1.807, 2.05) is 0 Å². The van der Waals surface area contributed by atoms with Crippen molar-refractivity contribution >= 4 is 11.7 Å². The Hall–Kier alpha value is -3.35. The van der Waals surface area contributed by atoms with Crippen molar-refractivity contribution < 1.29 is 19.4 Å². The van der Waals surface area contributed by atoms with E-state index >= 15 is 0 Å². The summed E-state index contributed by atoms with van der Waals surface area (Å²) in [4.78, 5) is 12.0. The predicted octanol–water partition coefficient (Wildman–Crippen LogP) is 2.88. The highest BCUT2D eigenvalue weighted by Gasteiger charge is 2.12. The number of amides is 1. The van der Waals surface area contributed by atoms with Crippen LogP contribution < -0.4 is 5.32 Å². The van der Waals surface area contributed by atoms with Gasteiger partial charge in [-0.15, -0.1) is 0 Å². The first-order chi connectivity index (χ1) is 11.0. The minimum absolute atomic E-state index is 0.0620. The van der Waals surface area contributed by atoms with E-state index in [2.05, 4.69) is 15.5 Å². The zero-order valence-corrected chi connectivity index (χ0v) is 11.7. The SMILES string of the molecule is O=C(Nc1cc(-c2cc(F)ccc2O)n[nH]1)c1ccc(O)cc1. The Balaban J connectivity index is 1.81. The van der Waals surface area contributed by atoms with Crippen molar-refractivity contribution in [3.63, 3.8) is 0 Å². The van der Waals surface area contributed by atoms with E-state index in [9.17, 15) is 19.4 Å². The maximum atomic E-state index is 13.3. The summed E-state index contributed by atoms with van der Waals surface area (Å²) in [5, 5.41) is 28.1. The van der Waals surface area contributed by atoms with E-state index < -0.39 is 11.7 Å². The molecule has 0 aliphatic carbocycles. The fraction of sp³-hybridized carbons (Fsp3) is 0. The number of hydrogen-bond acceptors (Lipinski definition) is 4. The van der Waals surface area contributed by atoms with Crippen LogP contribution in [-0.4, -0.2) is 26.3 Å². The summed E-state index contributed by atoms with van der Waals surface area (Å²) in [7, 11) is 0. The first-order valence-corrected chi connectivity index (χ1v) is 6.67. The van der Waals surface area contributed by atoms with Gasteiger partial charge in [0.2, 0.25) is 0 Å². The Morgan fingerprint density at radius 3 is 2.57 bits per heavy atom. The molecule has 1 heterocycles. The summed E-state index contributed by atoms with van der Waals surface area (Å²) < 4.78 is 13.3. The lowest BCUT2D eigenvalue weighted by atomic mass is 10.1. The van der Waals surface area contributed by atoms with Crippen LogP contribution in [-0.2, 0) is 0 Å². The Morgan fingerprint density at radius 2 is 1.83 bits per heavy atom. The molecule has 116 valence electrons. The van der Waals surface area contributed by atoms with Gasteiger partial charge in [-0.2, -0.15) is 5.10 Å². The lowest BCUT2D eigenvalue weighted by Gasteiger charge is -2.02. The third-order valence-corrected chi connectivity index (χ3v) is 3.19. The molecule has 23 heavy (non-hydrogen) atoms. The number of halogens is 1.